The molecule has 3 rings (SSSR count). The molecule has 0 aliphatic carbocycles. The average molecular weight is 367 g/mol. The highest BCUT2D eigenvalue weighted by Gasteiger charge is 2.29. The number of halogens is 5. The standard InChI is InChI=1S/C16H10F5N5/c17-10-3-6-13(12(18)7-10)24-15-25-14(8-22-26-15)23-11-4-1-9(2-5-11)16(19,20)21/h1-8H,(H2,23,24,25,26). The molecule has 3 aromatic rings. The van der Waals surface area contributed by atoms with Crippen LogP contribution in [0.2, 0.25) is 0 Å². The van der Waals surface area contributed by atoms with Crippen LogP contribution in [0.1, 0.15) is 5.56 Å². The third kappa shape index (κ3) is 4.21. The minimum atomic E-state index is -4.43. The van der Waals surface area contributed by atoms with Crippen molar-refractivity contribution in [1.29, 1.82) is 0 Å². The van der Waals surface area contributed by atoms with E-state index in [0.29, 0.717) is 11.8 Å². The van der Waals surface area contributed by atoms with Gasteiger partial charge in [0.25, 0.3) is 0 Å². The van der Waals surface area contributed by atoms with E-state index in [1.165, 1.54) is 24.4 Å². The molecule has 0 saturated heterocycles. The van der Waals surface area contributed by atoms with Gasteiger partial charge in [0, 0.05) is 11.8 Å². The molecule has 1 heterocycles. The zero-order valence-corrected chi connectivity index (χ0v) is 12.9. The van der Waals surface area contributed by atoms with Crippen molar-refractivity contribution in [2.75, 3.05) is 10.6 Å². The molecule has 0 atom stereocenters. The number of rotatable bonds is 4. The summed E-state index contributed by atoms with van der Waals surface area (Å²) in [5.74, 6) is -1.48. The van der Waals surface area contributed by atoms with Crippen molar-refractivity contribution in [3.63, 3.8) is 0 Å². The van der Waals surface area contributed by atoms with Crippen LogP contribution in [0.25, 0.3) is 0 Å². The monoisotopic (exact) mass is 367 g/mol. The molecule has 1 aromatic heterocycles. The number of anilines is 4. The zero-order valence-electron chi connectivity index (χ0n) is 12.9. The van der Waals surface area contributed by atoms with Crippen molar-refractivity contribution in [3.05, 3.63) is 65.9 Å². The average Bonchev–Trinajstić information content (AvgIpc) is 2.57. The predicted octanol–water partition coefficient (Wildman–Crippen LogP) is 4.66. The summed E-state index contributed by atoms with van der Waals surface area (Å²) in [6.45, 7) is 0. The summed E-state index contributed by atoms with van der Waals surface area (Å²) in [4.78, 5) is 4.02. The van der Waals surface area contributed by atoms with Crippen molar-refractivity contribution >= 4 is 23.1 Å². The Balaban J connectivity index is 1.75. The zero-order chi connectivity index (χ0) is 18.7. The first-order valence-corrected chi connectivity index (χ1v) is 7.17. The predicted molar refractivity (Wildman–Crippen MR) is 84.2 cm³/mol. The van der Waals surface area contributed by atoms with Crippen molar-refractivity contribution < 1.29 is 22.0 Å². The molecule has 0 saturated carbocycles. The van der Waals surface area contributed by atoms with Crippen molar-refractivity contribution in [2.45, 2.75) is 6.18 Å². The molecule has 0 fully saturated rings. The second-order valence-electron chi connectivity index (χ2n) is 5.11. The number of aromatic nitrogens is 3. The molecular weight excluding hydrogens is 357 g/mol. The van der Waals surface area contributed by atoms with Crippen molar-refractivity contribution in [1.82, 2.24) is 15.2 Å². The molecule has 0 unspecified atom stereocenters. The van der Waals surface area contributed by atoms with E-state index in [2.05, 4.69) is 25.8 Å². The first-order valence-electron chi connectivity index (χ1n) is 7.17. The van der Waals surface area contributed by atoms with Gasteiger partial charge in [-0.25, -0.2) is 8.78 Å². The summed E-state index contributed by atoms with van der Waals surface area (Å²) in [5.41, 5.74) is -0.490. The van der Waals surface area contributed by atoms with Crippen LogP contribution < -0.4 is 10.6 Å². The number of alkyl halides is 3. The molecule has 26 heavy (non-hydrogen) atoms. The Kier molecular flexibility index (Phi) is 4.65. The maximum absolute atomic E-state index is 13.6. The molecule has 0 aliphatic rings. The molecule has 10 heteroatoms. The first-order chi connectivity index (χ1) is 12.3. The van der Waals surface area contributed by atoms with Gasteiger partial charge >= 0.3 is 6.18 Å². The lowest BCUT2D eigenvalue weighted by atomic mass is 10.2. The summed E-state index contributed by atoms with van der Waals surface area (Å²) in [6.07, 6.45) is -3.19. The molecule has 0 bridgehead atoms. The van der Waals surface area contributed by atoms with Gasteiger partial charge in [0.15, 0.2) is 5.82 Å². The summed E-state index contributed by atoms with van der Waals surface area (Å²) in [5, 5.41) is 12.6. The van der Waals surface area contributed by atoms with Gasteiger partial charge in [-0.3, -0.25) is 0 Å². The fourth-order valence-electron chi connectivity index (χ4n) is 2.02. The summed E-state index contributed by atoms with van der Waals surface area (Å²) >= 11 is 0. The summed E-state index contributed by atoms with van der Waals surface area (Å²) in [6, 6.07) is 7.23. The van der Waals surface area contributed by atoms with Gasteiger partial charge in [-0.1, -0.05) is 0 Å². The fraction of sp³-hybridized carbons (Fsp3) is 0.0625. The minimum Gasteiger partial charge on any atom is -0.339 e. The van der Waals surface area contributed by atoms with Gasteiger partial charge in [-0.15, -0.1) is 5.10 Å². The Morgan fingerprint density at radius 2 is 1.62 bits per heavy atom. The number of hydrogen-bond acceptors (Lipinski definition) is 5. The van der Waals surface area contributed by atoms with Crippen LogP contribution in [-0.2, 0) is 6.18 Å². The molecule has 0 spiro atoms. The Labute approximate surface area is 143 Å². The normalized spacial score (nSPS) is 11.3. The smallest absolute Gasteiger partial charge is 0.339 e. The third-order valence-electron chi connectivity index (χ3n) is 3.22. The largest absolute Gasteiger partial charge is 0.416 e. The number of benzene rings is 2. The lowest BCUT2D eigenvalue weighted by Crippen LogP contribution is -2.05. The molecule has 0 radical (unpaired) electrons. The van der Waals surface area contributed by atoms with Crippen LogP contribution in [0.15, 0.2) is 48.7 Å². The van der Waals surface area contributed by atoms with Crippen LogP contribution in [0.5, 0.6) is 0 Å². The van der Waals surface area contributed by atoms with Gasteiger partial charge in [-0.05, 0) is 36.4 Å². The van der Waals surface area contributed by atoms with E-state index in [1.54, 1.807) is 0 Å². The van der Waals surface area contributed by atoms with Crippen LogP contribution in [0, 0.1) is 11.6 Å². The van der Waals surface area contributed by atoms with E-state index in [-0.39, 0.29) is 17.5 Å². The maximum atomic E-state index is 13.6. The second-order valence-corrected chi connectivity index (χ2v) is 5.11. The Morgan fingerprint density at radius 3 is 2.27 bits per heavy atom. The first kappa shape index (κ1) is 17.5. The Hall–Kier alpha value is -3.30. The quantitative estimate of drug-likeness (QED) is 0.657. The molecule has 0 aliphatic heterocycles. The SMILES string of the molecule is Fc1ccc(Nc2nncc(Nc3ccc(C(F)(F)F)cc3)n2)c(F)c1. The summed E-state index contributed by atoms with van der Waals surface area (Å²) in [7, 11) is 0. The summed E-state index contributed by atoms with van der Waals surface area (Å²) < 4.78 is 64.2. The van der Waals surface area contributed by atoms with E-state index < -0.39 is 23.4 Å². The van der Waals surface area contributed by atoms with Gasteiger partial charge in [0.05, 0.1) is 17.4 Å². The highest BCUT2D eigenvalue weighted by atomic mass is 19.4. The van der Waals surface area contributed by atoms with E-state index in [0.717, 1.165) is 18.2 Å². The lowest BCUT2D eigenvalue weighted by Gasteiger charge is -2.10. The van der Waals surface area contributed by atoms with Crippen LogP contribution >= 0.6 is 0 Å². The van der Waals surface area contributed by atoms with E-state index in [9.17, 15) is 22.0 Å². The molecule has 2 aromatic carbocycles. The van der Waals surface area contributed by atoms with Gasteiger partial charge in [0.1, 0.15) is 11.6 Å². The van der Waals surface area contributed by atoms with Gasteiger partial charge in [0.2, 0.25) is 5.95 Å². The minimum absolute atomic E-state index is 0.0557. The topological polar surface area (TPSA) is 62.7 Å². The van der Waals surface area contributed by atoms with E-state index in [1.807, 2.05) is 0 Å². The highest BCUT2D eigenvalue weighted by molar-refractivity contribution is 5.59. The Morgan fingerprint density at radius 1 is 0.885 bits per heavy atom. The number of hydrogen-bond donors (Lipinski definition) is 2. The molecule has 5 nitrogen and oxygen atoms in total. The second kappa shape index (κ2) is 6.90. The van der Waals surface area contributed by atoms with Crippen LogP contribution in [0.3, 0.4) is 0 Å². The molecule has 2 N–H and O–H groups in total. The Bertz CT molecular complexity index is 912. The van der Waals surface area contributed by atoms with E-state index in [4.69, 9.17) is 0 Å². The molecule has 0 amide bonds. The molecule has 134 valence electrons. The van der Waals surface area contributed by atoms with Crippen LogP contribution in [0.4, 0.5) is 45.1 Å². The van der Waals surface area contributed by atoms with Gasteiger partial charge < -0.3 is 10.6 Å². The highest BCUT2D eigenvalue weighted by Crippen LogP contribution is 2.30. The molecular formula is C16H10F5N5. The number of nitrogens with zero attached hydrogens (tertiary/aromatic N) is 3. The van der Waals surface area contributed by atoms with Crippen molar-refractivity contribution in [3.8, 4) is 0 Å². The van der Waals surface area contributed by atoms with E-state index >= 15 is 0 Å². The maximum Gasteiger partial charge on any atom is 0.416 e. The number of nitrogens with one attached hydrogen (secondary N) is 2. The van der Waals surface area contributed by atoms with Crippen LogP contribution in [-0.4, -0.2) is 15.2 Å². The van der Waals surface area contributed by atoms with Gasteiger partial charge in [-0.2, -0.15) is 23.3 Å². The fourth-order valence-corrected chi connectivity index (χ4v) is 2.02. The lowest BCUT2D eigenvalue weighted by molar-refractivity contribution is -0.137. The third-order valence-corrected chi connectivity index (χ3v) is 3.22. The van der Waals surface area contributed by atoms with Crippen molar-refractivity contribution in [2.24, 2.45) is 0 Å².